The van der Waals surface area contributed by atoms with Crippen LogP contribution in [0, 0.1) is 0 Å². The zero-order chi connectivity index (χ0) is 12.0. The molecule has 1 heterocycles. The van der Waals surface area contributed by atoms with E-state index in [1.807, 2.05) is 0 Å². The van der Waals surface area contributed by atoms with Crippen molar-refractivity contribution in [1.82, 2.24) is 15.2 Å². The third-order valence-electron chi connectivity index (χ3n) is 2.79. The Labute approximate surface area is 107 Å². The summed E-state index contributed by atoms with van der Waals surface area (Å²) < 4.78 is 0.758. The Hall–Kier alpha value is -0.160. The second-order valence-electron chi connectivity index (χ2n) is 3.97. The molecule has 0 bridgehead atoms. The van der Waals surface area contributed by atoms with Crippen molar-refractivity contribution >= 4 is 22.9 Å². The first-order valence-corrected chi connectivity index (χ1v) is 6.84. The quantitative estimate of drug-likeness (QED) is 0.765. The fourth-order valence-corrected chi connectivity index (χ4v) is 2.28. The number of halogens is 1. The van der Waals surface area contributed by atoms with Crippen molar-refractivity contribution in [3.63, 3.8) is 0 Å². The molecule has 0 fully saturated rings. The zero-order valence-corrected chi connectivity index (χ0v) is 11.7. The van der Waals surface area contributed by atoms with Gasteiger partial charge in [0.15, 0.2) is 0 Å². The highest BCUT2D eigenvalue weighted by molar-refractivity contribution is 7.15. The van der Waals surface area contributed by atoms with Crippen molar-refractivity contribution in [1.29, 1.82) is 0 Å². The van der Waals surface area contributed by atoms with Gasteiger partial charge in [-0.3, -0.25) is 0 Å². The van der Waals surface area contributed by atoms with Crippen LogP contribution in [0.3, 0.4) is 0 Å². The van der Waals surface area contributed by atoms with Gasteiger partial charge in [0.25, 0.3) is 0 Å². The Morgan fingerprint density at radius 2 is 2.38 bits per heavy atom. The summed E-state index contributed by atoms with van der Waals surface area (Å²) in [5.41, 5.74) is 0. The van der Waals surface area contributed by atoms with Crippen LogP contribution in [-0.4, -0.2) is 36.1 Å². The maximum absolute atomic E-state index is 5.80. The van der Waals surface area contributed by atoms with Crippen LogP contribution in [0.15, 0.2) is 6.20 Å². The van der Waals surface area contributed by atoms with Gasteiger partial charge >= 0.3 is 0 Å². The van der Waals surface area contributed by atoms with Crippen molar-refractivity contribution in [3.8, 4) is 0 Å². The van der Waals surface area contributed by atoms with Crippen molar-refractivity contribution in [2.75, 3.05) is 20.1 Å². The van der Waals surface area contributed by atoms with E-state index >= 15 is 0 Å². The molecular formula is C11H20ClN3S. The molecule has 1 rings (SSSR count). The topological polar surface area (TPSA) is 28.2 Å². The van der Waals surface area contributed by atoms with Gasteiger partial charge in [0.2, 0.25) is 0 Å². The van der Waals surface area contributed by atoms with E-state index < -0.39 is 0 Å². The predicted octanol–water partition coefficient (Wildman–Crippen LogP) is 2.62. The highest BCUT2D eigenvalue weighted by Crippen LogP contribution is 2.17. The van der Waals surface area contributed by atoms with Crippen LogP contribution in [0.2, 0.25) is 4.34 Å². The fraction of sp³-hybridized carbons (Fsp3) is 0.727. The fourth-order valence-electron chi connectivity index (χ4n) is 1.35. The normalized spacial score (nSPS) is 13.3. The van der Waals surface area contributed by atoms with E-state index in [1.54, 1.807) is 6.20 Å². The third-order valence-corrected chi connectivity index (χ3v) is 3.90. The van der Waals surface area contributed by atoms with Crippen molar-refractivity contribution in [3.05, 3.63) is 15.5 Å². The van der Waals surface area contributed by atoms with E-state index in [0.29, 0.717) is 6.04 Å². The van der Waals surface area contributed by atoms with E-state index in [1.165, 1.54) is 17.8 Å². The second-order valence-corrected chi connectivity index (χ2v) is 5.72. The number of rotatable bonds is 7. The molecule has 0 saturated carbocycles. The van der Waals surface area contributed by atoms with Gasteiger partial charge in [-0.25, -0.2) is 4.98 Å². The molecule has 16 heavy (non-hydrogen) atoms. The Morgan fingerprint density at radius 3 is 2.94 bits per heavy atom. The molecule has 1 atom stereocenters. The van der Waals surface area contributed by atoms with Crippen molar-refractivity contribution in [2.24, 2.45) is 0 Å². The smallest absolute Gasteiger partial charge is 0.113 e. The first kappa shape index (κ1) is 13.9. The van der Waals surface area contributed by atoms with Crippen LogP contribution >= 0.6 is 22.9 Å². The lowest BCUT2D eigenvalue weighted by Crippen LogP contribution is -2.34. The SMILES string of the molecule is CCC(C)N(C)CCNCc1ncc(Cl)s1. The van der Waals surface area contributed by atoms with Gasteiger partial charge in [0.1, 0.15) is 9.34 Å². The van der Waals surface area contributed by atoms with Gasteiger partial charge in [-0.15, -0.1) is 11.3 Å². The van der Waals surface area contributed by atoms with Gasteiger partial charge in [0, 0.05) is 25.7 Å². The maximum atomic E-state index is 5.80. The van der Waals surface area contributed by atoms with Crippen LogP contribution in [-0.2, 0) is 6.54 Å². The molecule has 0 aliphatic heterocycles. The summed E-state index contributed by atoms with van der Waals surface area (Å²) in [6, 6.07) is 0.649. The molecule has 0 radical (unpaired) electrons. The van der Waals surface area contributed by atoms with E-state index in [-0.39, 0.29) is 0 Å². The maximum Gasteiger partial charge on any atom is 0.113 e. The summed E-state index contributed by atoms with van der Waals surface area (Å²) in [5.74, 6) is 0. The summed E-state index contributed by atoms with van der Waals surface area (Å²) in [4.78, 5) is 6.56. The van der Waals surface area contributed by atoms with Gasteiger partial charge in [0.05, 0.1) is 6.20 Å². The lowest BCUT2D eigenvalue weighted by molar-refractivity contribution is 0.251. The first-order valence-electron chi connectivity index (χ1n) is 5.64. The molecule has 0 aromatic carbocycles. The molecule has 0 spiro atoms. The van der Waals surface area contributed by atoms with E-state index in [2.05, 4.69) is 36.1 Å². The highest BCUT2D eigenvalue weighted by Gasteiger charge is 2.05. The summed E-state index contributed by atoms with van der Waals surface area (Å²) in [6.45, 7) is 7.32. The standard InChI is InChI=1S/C11H20ClN3S/c1-4-9(2)15(3)6-5-13-8-11-14-7-10(12)16-11/h7,9,13H,4-6,8H2,1-3H3. The average Bonchev–Trinajstić information content (AvgIpc) is 2.69. The number of nitrogens with one attached hydrogen (secondary N) is 1. The van der Waals surface area contributed by atoms with Crippen LogP contribution in [0.5, 0.6) is 0 Å². The molecule has 1 unspecified atom stereocenters. The van der Waals surface area contributed by atoms with E-state index in [4.69, 9.17) is 11.6 Å². The first-order chi connectivity index (χ1) is 7.63. The van der Waals surface area contributed by atoms with Gasteiger partial charge in [-0.05, 0) is 20.4 Å². The molecule has 5 heteroatoms. The monoisotopic (exact) mass is 261 g/mol. The minimum absolute atomic E-state index is 0.649. The lowest BCUT2D eigenvalue weighted by atomic mass is 10.2. The van der Waals surface area contributed by atoms with E-state index in [9.17, 15) is 0 Å². The van der Waals surface area contributed by atoms with E-state index in [0.717, 1.165) is 29.0 Å². The van der Waals surface area contributed by atoms with Crippen molar-refractivity contribution < 1.29 is 0 Å². The largest absolute Gasteiger partial charge is 0.309 e. The molecule has 0 aliphatic carbocycles. The summed E-state index contributed by atoms with van der Waals surface area (Å²) in [5, 5.41) is 4.42. The molecule has 0 amide bonds. The van der Waals surface area contributed by atoms with Crippen LogP contribution < -0.4 is 5.32 Å². The Balaban J connectivity index is 2.12. The molecule has 92 valence electrons. The van der Waals surface area contributed by atoms with Crippen LogP contribution in [0.25, 0.3) is 0 Å². The lowest BCUT2D eigenvalue weighted by Gasteiger charge is -2.23. The molecule has 1 N–H and O–H groups in total. The molecule has 1 aromatic heterocycles. The van der Waals surface area contributed by atoms with Gasteiger partial charge in [-0.1, -0.05) is 18.5 Å². The van der Waals surface area contributed by atoms with Gasteiger partial charge < -0.3 is 10.2 Å². The Kier molecular flexibility index (Phi) is 6.28. The molecule has 0 aliphatic rings. The number of likely N-dealkylation sites (N-methyl/N-ethyl adjacent to an activating group) is 1. The Morgan fingerprint density at radius 1 is 1.62 bits per heavy atom. The average molecular weight is 262 g/mol. The minimum Gasteiger partial charge on any atom is -0.309 e. The molecular weight excluding hydrogens is 242 g/mol. The second kappa shape index (κ2) is 7.22. The van der Waals surface area contributed by atoms with Crippen molar-refractivity contribution in [2.45, 2.75) is 32.9 Å². The Bertz CT molecular complexity index is 303. The molecule has 3 nitrogen and oxygen atoms in total. The van der Waals surface area contributed by atoms with Crippen LogP contribution in [0.4, 0.5) is 0 Å². The zero-order valence-electron chi connectivity index (χ0n) is 10.2. The number of nitrogens with zero attached hydrogens (tertiary/aromatic N) is 2. The number of thiazole rings is 1. The number of hydrogen-bond acceptors (Lipinski definition) is 4. The number of hydrogen-bond donors (Lipinski definition) is 1. The highest BCUT2D eigenvalue weighted by atomic mass is 35.5. The summed E-state index contributed by atoms with van der Waals surface area (Å²) in [6.07, 6.45) is 2.90. The molecule has 1 aromatic rings. The number of aromatic nitrogens is 1. The van der Waals surface area contributed by atoms with Crippen LogP contribution in [0.1, 0.15) is 25.3 Å². The predicted molar refractivity (Wildman–Crippen MR) is 71.2 cm³/mol. The summed E-state index contributed by atoms with van der Waals surface area (Å²) >= 11 is 7.34. The van der Waals surface area contributed by atoms with Gasteiger partial charge in [-0.2, -0.15) is 0 Å². The molecule has 0 saturated heterocycles. The summed E-state index contributed by atoms with van der Waals surface area (Å²) in [7, 11) is 2.16. The third kappa shape index (κ3) is 4.78. The minimum atomic E-state index is 0.649.